The standard InChI is InChI=1S/C23H21ClN2O3/c24-17-8-6-15(7-9-17)12-25-21(27)19-18-10-11-23(29-18)14-26(22(28)20(19)23)13-16-4-2-1-3-5-16/h1-11,18-20H,12-14H2,(H,25,27). The van der Waals surface area contributed by atoms with Crippen molar-refractivity contribution in [3.8, 4) is 0 Å². The van der Waals surface area contributed by atoms with Gasteiger partial charge in [0.05, 0.1) is 24.5 Å². The van der Waals surface area contributed by atoms with Gasteiger partial charge in [-0.3, -0.25) is 9.59 Å². The highest BCUT2D eigenvalue weighted by Crippen LogP contribution is 2.52. The normalized spacial score (nSPS) is 29.3. The number of fused-ring (bicyclic) bond motifs is 1. The minimum Gasteiger partial charge on any atom is -0.360 e. The van der Waals surface area contributed by atoms with Gasteiger partial charge in [0.15, 0.2) is 0 Å². The number of likely N-dealkylation sites (tertiary alicyclic amines) is 1. The molecular weight excluding hydrogens is 388 g/mol. The Hall–Kier alpha value is -2.63. The van der Waals surface area contributed by atoms with Crippen LogP contribution in [0.2, 0.25) is 5.02 Å². The third-order valence-electron chi connectivity index (χ3n) is 6.08. The summed E-state index contributed by atoms with van der Waals surface area (Å²) < 4.78 is 6.17. The summed E-state index contributed by atoms with van der Waals surface area (Å²) in [4.78, 5) is 28.0. The number of ether oxygens (including phenoxy) is 1. The second-order valence-corrected chi connectivity index (χ2v) is 8.36. The largest absolute Gasteiger partial charge is 0.360 e. The minimum atomic E-state index is -0.682. The van der Waals surface area contributed by atoms with E-state index < -0.39 is 17.4 Å². The zero-order valence-electron chi connectivity index (χ0n) is 15.8. The first-order valence-electron chi connectivity index (χ1n) is 9.78. The summed E-state index contributed by atoms with van der Waals surface area (Å²) in [6.45, 7) is 1.41. The Morgan fingerprint density at radius 1 is 1.14 bits per heavy atom. The van der Waals surface area contributed by atoms with E-state index >= 15 is 0 Å². The molecule has 0 radical (unpaired) electrons. The molecule has 5 nitrogen and oxygen atoms in total. The molecule has 3 heterocycles. The molecule has 0 aliphatic carbocycles. The fraction of sp³-hybridized carbons (Fsp3) is 0.304. The first-order valence-corrected chi connectivity index (χ1v) is 10.2. The topological polar surface area (TPSA) is 58.6 Å². The van der Waals surface area contributed by atoms with Gasteiger partial charge in [-0.1, -0.05) is 66.2 Å². The maximum atomic E-state index is 13.2. The average molecular weight is 409 g/mol. The summed E-state index contributed by atoms with van der Waals surface area (Å²) in [7, 11) is 0. The Kier molecular flexibility index (Phi) is 4.45. The Labute approximate surface area is 174 Å². The van der Waals surface area contributed by atoms with Gasteiger partial charge in [-0.25, -0.2) is 0 Å². The van der Waals surface area contributed by atoms with Gasteiger partial charge < -0.3 is 15.0 Å². The predicted molar refractivity (Wildman–Crippen MR) is 109 cm³/mol. The van der Waals surface area contributed by atoms with Crippen LogP contribution in [-0.2, 0) is 27.4 Å². The van der Waals surface area contributed by atoms with Crippen LogP contribution in [0.25, 0.3) is 0 Å². The lowest BCUT2D eigenvalue weighted by Gasteiger charge is -2.23. The van der Waals surface area contributed by atoms with Gasteiger partial charge in [-0.15, -0.1) is 0 Å². The molecule has 2 bridgehead atoms. The molecule has 0 aromatic heterocycles. The van der Waals surface area contributed by atoms with Gasteiger partial charge in [0.1, 0.15) is 5.60 Å². The number of rotatable bonds is 5. The van der Waals surface area contributed by atoms with Gasteiger partial charge in [0.25, 0.3) is 0 Å². The molecule has 29 heavy (non-hydrogen) atoms. The van der Waals surface area contributed by atoms with Crippen molar-refractivity contribution < 1.29 is 14.3 Å². The lowest BCUT2D eigenvalue weighted by atomic mass is 9.77. The number of carbonyl (C=O) groups is 2. The van der Waals surface area contributed by atoms with E-state index in [1.54, 1.807) is 12.1 Å². The summed E-state index contributed by atoms with van der Waals surface area (Å²) in [6.07, 6.45) is 3.57. The van der Waals surface area contributed by atoms with Crippen molar-refractivity contribution in [2.45, 2.75) is 24.8 Å². The van der Waals surface area contributed by atoms with E-state index in [1.165, 1.54) is 0 Å². The van der Waals surface area contributed by atoms with Crippen LogP contribution in [0.4, 0.5) is 0 Å². The van der Waals surface area contributed by atoms with Crippen LogP contribution < -0.4 is 5.32 Å². The van der Waals surface area contributed by atoms with Crippen molar-refractivity contribution in [1.82, 2.24) is 10.2 Å². The van der Waals surface area contributed by atoms with E-state index in [0.717, 1.165) is 11.1 Å². The van der Waals surface area contributed by atoms with Crippen LogP contribution in [0.15, 0.2) is 66.7 Å². The molecule has 148 valence electrons. The molecule has 1 spiro atoms. The van der Waals surface area contributed by atoms with Crippen LogP contribution in [0.5, 0.6) is 0 Å². The summed E-state index contributed by atoms with van der Waals surface area (Å²) in [5, 5.41) is 3.63. The highest BCUT2D eigenvalue weighted by Gasteiger charge is 2.66. The van der Waals surface area contributed by atoms with Gasteiger partial charge in [-0.05, 0) is 23.3 Å². The van der Waals surface area contributed by atoms with Gasteiger partial charge in [-0.2, -0.15) is 0 Å². The van der Waals surface area contributed by atoms with Gasteiger partial charge in [0, 0.05) is 18.1 Å². The van der Waals surface area contributed by atoms with E-state index in [4.69, 9.17) is 16.3 Å². The number of hydrogen-bond donors (Lipinski definition) is 1. The van der Waals surface area contributed by atoms with E-state index in [9.17, 15) is 9.59 Å². The van der Waals surface area contributed by atoms with Gasteiger partial charge in [0.2, 0.25) is 11.8 Å². The number of nitrogens with zero attached hydrogens (tertiary/aromatic N) is 1. The quantitative estimate of drug-likeness (QED) is 0.774. The maximum absolute atomic E-state index is 13.2. The average Bonchev–Trinajstić information content (AvgIpc) is 3.36. The van der Waals surface area contributed by atoms with Crippen molar-refractivity contribution in [3.05, 3.63) is 82.9 Å². The van der Waals surface area contributed by atoms with Crippen molar-refractivity contribution in [2.75, 3.05) is 6.54 Å². The highest BCUT2D eigenvalue weighted by atomic mass is 35.5. The number of halogens is 1. The number of hydrogen-bond acceptors (Lipinski definition) is 3. The molecule has 2 saturated heterocycles. The summed E-state index contributed by atoms with van der Waals surface area (Å²) in [6, 6.07) is 17.2. The minimum absolute atomic E-state index is 0.00709. The molecular formula is C23H21ClN2O3. The Morgan fingerprint density at radius 3 is 2.66 bits per heavy atom. The maximum Gasteiger partial charge on any atom is 0.230 e. The fourth-order valence-electron chi connectivity index (χ4n) is 4.72. The zero-order chi connectivity index (χ0) is 20.0. The predicted octanol–water partition coefficient (Wildman–Crippen LogP) is 2.94. The third kappa shape index (κ3) is 3.15. The number of amides is 2. The van der Waals surface area contributed by atoms with Crippen molar-refractivity contribution in [1.29, 1.82) is 0 Å². The Balaban J connectivity index is 1.31. The molecule has 5 rings (SSSR count). The molecule has 3 aliphatic rings. The monoisotopic (exact) mass is 408 g/mol. The van der Waals surface area contributed by atoms with Crippen LogP contribution in [0, 0.1) is 11.8 Å². The zero-order valence-corrected chi connectivity index (χ0v) is 16.5. The lowest BCUT2D eigenvalue weighted by Crippen LogP contribution is -2.43. The molecule has 6 heteroatoms. The van der Waals surface area contributed by atoms with Gasteiger partial charge >= 0.3 is 0 Å². The van der Waals surface area contributed by atoms with Crippen molar-refractivity contribution in [3.63, 3.8) is 0 Å². The fourth-order valence-corrected chi connectivity index (χ4v) is 4.85. The summed E-state index contributed by atoms with van der Waals surface area (Å²) in [5.74, 6) is -1.12. The number of carbonyl (C=O) groups excluding carboxylic acids is 2. The van der Waals surface area contributed by atoms with Crippen LogP contribution in [0.3, 0.4) is 0 Å². The van der Waals surface area contributed by atoms with Crippen LogP contribution in [-0.4, -0.2) is 35.0 Å². The molecule has 2 aromatic carbocycles. The molecule has 4 atom stereocenters. The summed E-state index contributed by atoms with van der Waals surface area (Å²) >= 11 is 5.92. The summed E-state index contributed by atoms with van der Waals surface area (Å²) in [5.41, 5.74) is 1.35. The van der Waals surface area contributed by atoms with E-state index in [2.05, 4.69) is 5.32 Å². The lowest BCUT2D eigenvalue weighted by molar-refractivity contribution is -0.137. The Bertz CT molecular complexity index is 975. The molecule has 2 fully saturated rings. The second-order valence-electron chi connectivity index (χ2n) is 7.92. The number of nitrogens with one attached hydrogen (secondary N) is 1. The molecule has 2 amide bonds. The number of benzene rings is 2. The van der Waals surface area contributed by atoms with E-state index in [-0.39, 0.29) is 17.9 Å². The van der Waals surface area contributed by atoms with Crippen LogP contribution in [0.1, 0.15) is 11.1 Å². The van der Waals surface area contributed by atoms with Crippen molar-refractivity contribution >= 4 is 23.4 Å². The smallest absolute Gasteiger partial charge is 0.230 e. The molecule has 0 saturated carbocycles. The first-order chi connectivity index (χ1) is 14.1. The van der Waals surface area contributed by atoms with Crippen LogP contribution >= 0.6 is 11.6 Å². The van der Waals surface area contributed by atoms with Crippen molar-refractivity contribution in [2.24, 2.45) is 11.8 Å². The molecule has 2 aromatic rings. The first kappa shape index (κ1) is 18.4. The molecule has 1 N–H and O–H groups in total. The highest BCUT2D eigenvalue weighted by molar-refractivity contribution is 6.30. The second kappa shape index (κ2) is 7.01. The van der Waals surface area contributed by atoms with E-state index in [0.29, 0.717) is 24.7 Å². The third-order valence-corrected chi connectivity index (χ3v) is 6.33. The molecule has 3 aliphatic heterocycles. The van der Waals surface area contributed by atoms with E-state index in [1.807, 2.05) is 59.5 Å². The molecule has 4 unspecified atom stereocenters. The Morgan fingerprint density at radius 2 is 1.90 bits per heavy atom. The SMILES string of the molecule is O=C(NCc1ccc(Cl)cc1)C1C2C=CC3(CN(Cc4ccccc4)C(=O)C13)O2.